The van der Waals surface area contributed by atoms with Crippen LogP contribution in [0.2, 0.25) is 0 Å². The van der Waals surface area contributed by atoms with E-state index in [-0.39, 0.29) is 17.9 Å². The van der Waals surface area contributed by atoms with Crippen LogP contribution in [-0.2, 0) is 27.2 Å². The maximum Gasteiger partial charge on any atom is 0.494 e. The number of aromatic nitrogens is 2. The third-order valence-corrected chi connectivity index (χ3v) is 5.68. The van der Waals surface area contributed by atoms with E-state index < -0.39 is 23.2 Å². The zero-order valence-electron chi connectivity index (χ0n) is 17.0. The van der Waals surface area contributed by atoms with Crippen LogP contribution >= 0.6 is 0 Å². The van der Waals surface area contributed by atoms with Crippen LogP contribution in [0.1, 0.15) is 33.3 Å². The highest BCUT2D eigenvalue weighted by atomic mass is 16.7. The second kappa shape index (κ2) is 7.12. The van der Waals surface area contributed by atoms with Gasteiger partial charge in [0, 0.05) is 4.98 Å². The van der Waals surface area contributed by atoms with Gasteiger partial charge in [-0.3, -0.25) is 4.57 Å². The molecule has 154 valence electrons. The lowest BCUT2D eigenvalue weighted by molar-refractivity contribution is -0.389. The number of fused-ring (bicyclic) bond motifs is 1. The van der Waals surface area contributed by atoms with Gasteiger partial charge in [0.05, 0.1) is 24.4 Å². The molecule has 9 nitrogen and oxygen atoms in total. The Labute approximate surface area is 169 Å². The molecule has 0 N–H and O–H groups in total. The Morgan fingerprint density at radius 1 is 1.31 bits per heavy atom. The van der Waals surface area contributed by atoms with E-state index in [4.69, 9.17) is 18.8 Å². The molecule has 29 heavy (non-hydrogen) atoms. The van der Waals surface area contributed by atoms with Crippen LogP contribution in [-0.4, -0.2) is 45.5 Å². The number of ether oxygens (including phenoxy) is 2. The van der Waals surface area contributed by atoms with Crippen LogP contribution in [0.25, 0.3) is 0 Å². The fraction of sp³-hybridized carbons (Fsp3) is 0.526. The third-order valence-electron chi connectivity index (χ3n) is 5.68. The largest absolute Gasteiger partial charge is 0.494 e. The number of hydrogen-bond donors (Lipinski definition) is 0. The van der Waals surface area contributed by atoms with Crippen molar-refractivity contribution in [1.29, 1.82) is 0 Å². The van der Waals surface area contributed by atoms with Gasteiger partial charge in [0.2, 0.25) is 0 Å². The Hall–Kier alpha value is -2.43. The zero-order valence-corrected chi connectivity index (χ0v) is 17.0. The van der Waals surface area contributed by atoms with Gasteiger partial charge in [0.15, 0.2) is 0 Å². The predicted octanol–water partition coefficient (Wildman–Crippen LogP) is 2.07. The first-order chi connectivity index (χ1) is 13.6. The first-order valence-electron chi connectivity index (χ1n) is 9.55. The molecule has 1 aromatic carbocycles. The molecule has 0 spiro atoms. The molecule has 1 atom stereocenters. The first kappa shape index (κ1) is 19.9. The number of nitro groups is 1. The smallest absolute Gasteiger partial charge is 0.443 e. The quantitative estimate of drug-likeness (QED) is 0.430. The summed E-state index contributed by atoms with van der Waals surface area (Å²) in [5.41, 5.74) is 1.14. The molecule has 0 amide bonds. The number of rotatable bonds is 5. The van der Waals surface area contributed by atoms with Crippen molar-refractivity contribution in [3.05, 3.63) is 46.1 Å². The van der Waals surface area contributed by atoms with Crippen molar-refractivity contribution < 1.29 is 23.7 Å². The molecule has 0 bridgehead atoms. The van der Waals surface area contributed by atoms with Crippen LogP contribution in [0.5, 0.6) is 6.01 Å². The van der Waals surface area contributed by atoms with E-state index in [2.05, 4.69) is 4.98 Å². The lowest BCUT2D eigenvalue weighted by Crippen LogP contribution is -2.41. The molecule has 1 saturated heterocycles. The van der Waals surface area contributed by atoms with Crippen molar-refractivity contribution in [2.24, 2.45) is 0 Å². The fourth-order valence-corrected chi connectivity index (χ4v) is 3.28. The van der Waals surface area contributed by atoms with Crippen LogP contribution < -0.4 is 10.2 Å². The summed E-state index contributed by atoms with van der Waals surface area (Å²) >= 11 is 0. The van der Waals surface area contributed by atoms with E-state index in [1.165, 1.54) is 6.20 Å². The minimum absolute atomic E-state index is 0.225. The Balaban J connectivity index is 1.39. The SMILES string of the molecule is CC1(C)OB(c2cccc(CO[C@@H]3COc4nc([N+](=O)[O-])cn4C3)c2)OC1(C)C. The second-order valence-electron chi connectivity index (χ2n) is 8.37. The maximum atomic E-state index is 10.9. The molecule has 2 aromatic rings. The highest BCUT2D eigenvalue weighted by Gasteiger charge is 2.51. The highest BCUT2D eigenvalue weighted by Crippen LogP contribution is 2.36. The van der Waals surface area contributed by atoms with E-state index in [1.807, 2.05) is 52.0 Å². The number of benzene rings is 1. The molecule has 3 heterocycles. The molecule has 2 aliphatic heterocycles. The second-order valence-corrected chi connectivity index (χ2v) is 8.37. The van der Waals surface area contributed by atoms with Crippen molar-refractivity contribution in [2.75, 3.05) is 6.61 Å². The molecule has 1 fully saturated rings. The van der Waals surface area contributed by atoms with Crippen molar-refractivity contribution in [3.63, 3.8) is 0 Å². The fourth-order valence-electron chi connectivity index (χ4n) is 3.28. The van der Waals surface area contributed by atoms with Crippen molar-refractivity contribution >= 4 is 18.4 Å². The summed E-state index contributed by atoms with van der Waals surface area (Å²) in [5.74, 6) is -0.226. The summed E-state index contributed by atoms with van der Waals surface area (Å²) in [6.07, 6.45) is 1.14. The van der Waals surface area contributed by atoms with E-state index in [0.717, 1.165) is 11.0 Å². The normalized spacial score (nSPS) is 22.2. The van der Waals surface area contributed by atoms with E-state index in [0.29, 0.717) is 19.8 Å². The lowest BCUT2D eigenvalue weighted by atomic mass is 9.78. The Morgan fingerprint density at radius 3 is 2.72 bits per heavy atom. The van der Waals surface area contributed by atoms with Crippen LogP contribution in [0.15, 0.2) is 30.5 Å². The Morgan fingerprint density at radius 2 is 2.03 bits per heavy atom. The van der Waals surface area contributed by atoms with Crippen LogP contribution in [0.3, 0.4) is 0 Å². The van der Waals surface area contributed by atoms with E-state index in [9.17, 15) is 10.1 Å². The van der Waals surface area contributed by atoms with Crippen LogP contribution in [0, 0.1) is 10.1 Å². The van der Waals surface area contributed by atoms with Gasteiger partial charge >= 0.3 is 18.9 Å². The molecular weight excluding hydrogens is 377 g/mol. The summed E-state index contributed by atoms with van der Waals surface area (Å²) in [6, 6.07) is 8.17. The van der Waals surface area contributed by atoms with E-state index >= 15 is 0 Å². The molecule has 10 heteroatoms. The topological polar surface area (TPSA) is 97.9 Å². The van der Waals surface area contributed by atoms with Gasteiger partial charge in [-0.2, -0.15) is 0 Å². The van der Waals surface area contributed by atoms with Gasteiger partial charge in [0.25, 0.3) is 0 Å². The van der Waals surface area contributed by atoms with Crippen LogP contribution in [0.4, 0.5) is 5.82 Å². The highest BCUT2D eigenvalue weighted by molar-refractivity contribution is 6.62. The van der Waals surface area contributed by atoms with Crippen molar-refractivity contribution in [3.8, 4) is 6.01 Å². The molecule has 0 saturated carbocycles. The van der Waals surface area contributed by atoms with Gasteiger partial charge in [-0.15, -0.1) is 0 Å². The van der Waals surface area contributed by atoms with Crippen molar-refractivity contribution in [1.82, 2.24) is 9.55 Å². The van der Waals surface area contributed by atoms with Crippen molar-refractivity contribution in [2.45, 2.75) is 58.2 Å². The summed E-state index contributed by atoms with van der Waals surface area (Å²) < 4.78 is 25.3. The van der Waals surface area contributed by atoms with Gasteiger partial charge < -0.3 is 28.9 Å². The monoisotopic (exact) mass is 401 g/mol. The van der Waals surface area contributed by atoms with Gasteiger partial charge in [-0.05, 0) is 43.6 Å². The predicted molar refractivity (Wildman–Crippen MR) is 105 cm³/mol. The van der Waals surface area contributed by atoms with E-state index in [1.54, 1.807) is 4.57 Å². The zero-order chi connectivity index (χ0) is 20.8. The first-order valence-corrected chi connectivity index (χ1v) is 9.55. The maximum absolute atomic E-state index is 10.9. The summed E-state index contributed by atoms with van der Waals surface area (Å²) in [6.45, 7) is 9.23. The molecule has 0 unspecified atom stereocenters. The average molecular weight is 401 g/mol. The summed E-state index contributed by atoms with van der Waals surface area (Å²) in [4.78, 5) is 14.2. The molecule has 4 rings (SSSR count). The molecule has 0 aliphatic carbocycles. The Bertz CT molecular complexity index is 912. The van der Waals surface area contributed by atoms with Gasteiger partial charge in [-0.1, -0.05) is 24.3 Å². The number of hydrogen-bond acceptors (Lipinski definition) is 7. The number of imidazole rings is 1. The average Bonchev–Trinajstić information content (AvgIpc) is 3.18. The summed E-state index contributed by atoms with van der Waals surface area (Å²) in [7, 11) is -0.424. The third kappa shape index (κ3) is 3.87. The minimum atomic E-state index is -0.536. The van der Waals surface area contributed by atoms with Gasteiger partial charge in [-0.25, -0.2) is 0 Å². The Kier molecular flexibility index (Phi) is 4.88. The van der Waals surface area contributed by atoms with Gasteiger partial charge in [0.1, 0.15) is 18.9 Å². The minimum Gasteiger partial charge on any atom is -0.443 e. The molecule has 2 aliphatic rings. The molecule has 0 radical (unpaired) electrons. The number of nitrogens with zero attached hydrogens (tertiary/aromatic N) is 3. The lowest BCUT2D eigenvalue weighted by Gasteiger charge is -2.32. The molecular formula is C19H24BN3O6. The summed E-state index contributed by atoms with van der Waals surface area (Å²) in [5, 5.41) is 10.9. The standard InChI is InChI=1S/C19H24BN3O6/c1-18(2)19(3,4)29-20(28-18)14-7-5-6-13(8-14)11-26-15-9-22-10-16(23(24)25)21-17(22)27-12-15/h5-8,10,15H,9,11-12H2,1-4H3/t15-/m0/s1. The molecule has 1 aromatic heterocycles.